The van der Waals surface area contributed by atoms with E-state index >= 15 is 0 Å². The summed E-state index contributed by atoms with van der Waals surface area (Å²) in [6.07, 6.45) is 1.55. The summed E-state index contributed by atoms with van der Waals surface area (Å²) < 4.78 is 6.92. The van der Waals surface area contributed by atoms with Crippen molar-refractivity contribution in [2.24, 2.45) is 0 Å². The lowest BCUT2D eigenvalue weighted by molar-refractivity contribution is 0.412. The van der Waals surface area contributed by atoms with E-state index in [4.69, 9.17) is 4.74 Å². The number of methoxy groups -OCH3 is 1. The van der Waals surface area contributed by atoms with Crippen LogP contribution in [0.2, 0.25) is 0 Å². The van der Waals surface area contributed by atoms with Crippen LogP contribution in [0.5, 0.6) is 11.5 Å². The number of aromatic hydroxyl groups is 1. The number of nitrogens with one attached hydrogen (secondary N) is 1. The van der Waals surface area contributed by atoms with E-state index in [1.54, 1.807) is 30.8 Å². The number of anilines is 2. The predicted octanol–water partition coefficient (Wildman–Crippen LogP) is 2.80. The summed E-state index contributed by atoms with van der Waals surface area (Å²) in [6.45, 7) is 3.79. The summed E-state index contributed by atoms with van der Waals surface area (Å²) in [5.41, 5.74) is 2.63. The van der Waals surface area contributed by atoms with Crippen LogP contribution in [0.3, 0.4) is 0 Å². The molecule has 0 aliphatic rings. The van der Waals surface area contributed by atoms with Crippen LogP contribution in [0.1, 0.15) is 11.4 Å². The third-order valence-corrected chi connectivity index (χ3v) is 3.23. The van der Waals surface area contributed by atoms with E-state index in [1.807, 2.05) is 25.1 Å². The van der Waals surface area contributed by atoms with Crippen LogP contribution in [0.25, 0.3) is 5.52 Å². The third kappa shape index (κ3) is 2.47. The largest absolute Gasteiger partial charge is 0.506 e. The molecule has 3 rings (SSSR count). The molecule has 0 aliphatic carbocycles. The molecule has 0 bridgehead atoms. The summed E-state index contributed by atoms with van der Waals surface area (Å²) in [7, 11) is 1.64. The van der Waals surface area contributed by atoms with Gasteiger partial charge in [0.25, 0.3) is 0 Å². The molecule has 1 aromatic carbocycles. The summed E-state index contributed by atoms with van der Waals surface area (Å²) in [5, 5.41) is 17.1. The lowest BCUT2D eigenvalue weighted by atomic mass is 10.2. The van der Waals surface area contributed by atoms with Crippen LogP contribution in [0.4, 0.5) is 11.5 Å². The highest BCUT2D eigenvalue weighted by Gasteiger charge is 2.09. The van der Waals surface area contributed by atoms with Crippen molar-refractivity contribution in [3.8, 4) is 11.5 Å². The van der Waals surface area contributed by atoms with Gasteiger partial charge in [-0.1, -0.05) is 6.07 Å². The number of ether oxygens (including phenoxy) is 1. The highest BCUT2D eigenvalue weighted by Crippen LogP contribution is 2.27. The fourth-order valence-electron chi connectivity index (χ4n) is 2.22. The minimum Gasteiger partial charge on any atom is -0.506 e. The van der Waals surface area contributed by atoms with E-state index in [0.29, 0.717) is 17.2 Å². The van der Waals surface area contributed by atoms with E-state index in [9.17, 15) is 5.11 Å². The van der Waals surface area contributed by atoms with Crippen molar-refractivity contribution in [2.45, 2.75) is 13.8 Å². The fraction of sp³-hybridized carbons (Fsp3) is 0.200. The van der Waals surface area contributed by atoms with Crippen LogP contribution in [0, 0.1) is 13.8 Å². The predicted molar refractivity (Wildman–Crippen MR) is 80.4 cm³/mol. The molecule has 0 fully saturated rings. The Morgan fingerprint density at radius 3 is 2.81 bits per heavy atom. The van der Waals surface area contributed by atoms with Gasteiger partial charge in [-0.15, -0.1) is 0 Å². The topological polar surface area (TPSA) is 71.7 Å². The van der Waals surface area contributed by atoms with Crippen LogP contribution in [0.15, 0.2) is 30.5 Å². The molecule has 0 aliphatic heterocycles. The first-order chi connectivity index (χ1) is 10.1. The maximum atomic E-state index is 9.62. The van der Waals surface area contributed by atoms with Crippen molar-refractivity contribution in [1.29, 1.82) is 0 Å². The lowest BCUT2D eigenvalue weighted by Crippen LogP contribution is -2.03. The second-order valence-electron chi connectivity index (χ2n) is 4.85. The Morgan fingerprint density at radius 2 is 2.05 bits per heavy atom. The van der Waals surface area contributed by atoms with Crippen molar-refractivity contribution in [2.75, 3.05) is 12.4 Å². The molecule has 2 N–H and O–H groups in total. The zero-order valence-electron chi connectivity index (χ0n) is 12.1. The maximum absolute atomic E-state index is 9.62. The number of hydrogen-bond donors (Lipinski definition) is 2. The average molecular weight is 284 g/mol. The standard InChI is InChI=1S/C15H16N4O2/c1-9-4-5-11(6-14(9)21-3)17-15-13-7-12(20)8-19(13)18-10(2)16-15/h4-8,20H,1-3H3,(H,16,17,18). The Labute approximate surface area is 122 Å². The van der Waals surface area contributed by atoms with Crippen molar-refractivity contribution in [1.82, 2.24) is 14.6 Å². The maximum Gasteiger partial charge on any atom is 0.158 e. The molecule has 0 radical (unpaired) electrons. The fourth-order valence-corrected chi connectivity index (χ4v) is 2.22. The zero-order chi connectivity index (χ0) is 15.0. The van der Waals surface area contributed by atoms with Gasteiger partial charge in [0.2, 0.25) is 0 Å². The number of rotatable bonds is 3. The molecule has 6 heteroatoms. The smallest absolute Gasteiger partial charge is 0.158 e. The molecule has 2 heterocycles. The van der Waals surface area contributed by atoms with Gasteiger partial charge >= 0.3 is 0 Å². The molecule has 0 spiro atoms. The number of aryl methyl sites for hydroxylation is 2. The van der Waals surface area contributed by atoms with E-state index in [1.165, 1.54) is 0 Å². The molecular formula is C15H16N4O2. The van der Waals surface area contributed by atoms with Crippen LogP contribution in [-0.4, -0.2) is 26.8 Å². The average Bonchev–Trinajstić information content (AvgIpc) is 2.81. The molecule has 0 saturated carbocycles. The number of benzene rings is 1. The molecule has 21 heavy (non-hydrogen) atoms. The molecule has 0 amide bonds. The highest BCUT2D eigenvalue weighted by atomic mass is 16.5. The second kappa shape index (κ2) is 4.97. The summed E-state index contributed by atoms with van der Waals surface area (Å²) >= 11 is 0. The monoisotopic (exact) mass is 284 g/mol. The number of nitrogens with zero attached hydrogens (tertiary/aromatic N) is 3. The summed E-state index contributed by atoms with van der Waals surface area (Å²) in [6, 6.07) is 7.45. The van der Waals surface area contributed by atoms with Gasteiger partial charge < -0.3 is 15.2 Å². The minimum absolute atomic E-state index is 0.152. The van der Waals surface area contributed by atoms with Crippen LogP contribution in [-0.2, 0) is 0 Å². The summed E-state index contributed by atoms with van der Waals surface area (Å²) in [5.74, 6) is 2.20. The van der Waals surface area contributed by atoms with Gasteiger partial charge in [-0.2, -0.15) is 5.10 Å². The third-order valence-electron chi connectivity index (χ3n) is 3.23. The normalized spacial score (nSPS) is 10.8. The Balaban J connectivity index is 2.05. The minimum atomic E-state index is 0.152. The van der Waals surface area contributed by atoms with E-state index < -0.39 is 0 Å². The van der Waals surface area contributed by atoms with Crippen molar-refractivity contribution in [3.63, 3.8) is 0 Å². The van der Waals surface area contributed by atoms with Gasteiger partial charge in [-0.3, -0.25) is 0 Å². The molecule has 3 aromatic rings. The van der Waals surface area contributed by atoms with Gasteiger partial charge in [0.1, 0.15) is 22.8 Å². The van der Waals surface area contributed by atoms with Gasteiger partial charge in [-0.25, -0.2) is 9.50 Å². The molecular weight excluding hydrogens is 268 g/mol. The Bertz CT molecular complexity index is 811. The highest BCUT2D eigenvalue weighted by molar-refractivity contribution is 5.75. The molecule has 108 valence electrons. The molecule has 6 nitrogen and oxygen atoms in total. The molecule has 0 unspecified atom stereocenters. The van der Waals surface area contributed by atoms with Crippen molar-refractivity contribution < 1.29 is 9.84 Å². The number of hydrogen-bond acceptors (Lipinski definition) is 5. The first-order valence-electron chi connectivity index (χ1n) is 6.54. The first kappa shape index (κ1) is 13.2. The lowest BCUT2D eigenvalue weighted by Gasteiger charge is -2.11. The Hall–Kier alpha value is -2.76. The SMILES string of the molecule is COc1cc(Nc2nc(C)nn3cc(O)cc23)ccc1C. The van der Waals surface area contributed by atoms with Crippen molar-refractivity contribution >= 4 is 17.0 Å². The van der Waals surface area contributed by atoms with Gasteiger partial charge in [0.05, 0.1) is 13.3 Å². The zero-order valence-corrected chi connectivity index (χ0v) is 12.1. The molecule has 2 aromatic heterocycles. The van der Waals surface area contributed by atoms with E-state index in [-0.39, 0.29) is 5.75 Å². The number of aromatic nitrogens is 3. The second-order valence-corrected chi connectivity index (χ2v) is 4.85. The van der Waals surface area contributed by atoms with Gasteiger partial charge in [0.15, 0.2) is 5.82 Å². The number of fused-ring (bicyclic) bond motifs is 1. The molecule has 0 atom stereocenters. The summed E-state index contributed by atoms with van der Waals surface area (Å²) in [4.78, 5) is 4.39. The van der Waals surface area contributed by atoms with Gasteiger partial charge in [0, 0.05) is 17.8 Å². The van der Waals surface area contributed by atoms with E-state index in [2.05, 4.69) is 15.4 Å². The van der Waals surface area contributed by atoms with Crippen LogP contribution >= 0.6 is 0 Å². The Kier molecular flexibility index (Phi) is 3.13. The Morgan fingerprint density at radius 1 is 1.24 bits per heavy atom. The van der Waals surface area contributed by atoms with Crippen LogP contribution < -0.4 is 10.1 Å². The van der Waals surface area contributed by atoms with E-state index in [0.717, 1.165) is 17.0 Å². The quantitative estimate of drug-likeness (QED) is 0.773. The van der Waals surface area contributed by atoms with Gasteiger partial charge in [-0.05, 0) is 25.5 Å². The first-order valence-corrected chi connectivity index (χ1v) is 6.54. The molecule has 0 saturated heterocycles. The van der Waals surface area contributed by atoms with Crippen molar-refractivity contribution in [3.05, 3.63) is 41.9 Å².